The maximum absolute atomic E-state index is 11.0. The van der Waals surface area contributed by atoms with Gasteiger partial charge in [-0.15, -0.1) is 0 Å². The van der Waals surface area contributed by atoms with Crippen LogP contribution in [0.5, 0.6) is 17.2 Å². The summed E-state index contributed by atoms with van der Waals surface area (Å²) >= 11 is 0. The van der Waals surface area contributed by atoms with Crippen molar-refractivity contribution in [3.63, 3.8) is 0 Å². The van der Waals surface area contributed by atoms with Crippen molar-refractivity contribution in [2.24, 2.45) is 0 Å². The molecule has 0 fully saturated rings. The Hall–Kier alpha value is -2.84. The highest BCUT2D eigenvalue weighted by Gasteiger charge is 2.26. The van der Waals surface area contributed by atoms with Crippen LogP contribution in [0.15, 0.2) is 36.4 Å². The number of fused-ring (bicyclic) bond motifs is 1. The Labute approximate surface area is 208 Å². The molecule has 0 amide bonds. The highest BCUT2D eigenvalue weighted by atomic mass is 16.6. The number of benzene rings is 2. The highest BCUT2D eigenvalue weighted by molar-refractivity contribution is 5.50. The number of aromatic hydroxyl groups is 2. The van der Waals surface area contributed by atoms with Crippen molar-refractivity contribution in [1.29, 1.82) is 0 Å². The average Bonchev–Trinajstić information content (AvgIpc) is 2.86. The van der Waals surface area contributed by atoms with Crippen LogP contribution < -0.4 is 10.1 Å². The number of ether oxygens (including phenoxy) is 1. The minimum Gasteiger partial charge on any atom is -0.504 e. The van der Waals surface area contributed by atoms with E-state index in [-0.39, 0.29) is 17.2 Å². The van der Waals surface area contributed by atoms with Crippen LogP contribution in [0.3, 0.4) is 0 Å². The molecule has 0 aromatic heterocycles. The molecule has 0 saturated carbocycles. The van der Waals surface area contributed by atoms with Crippen molar-refractivity contribution in [1.82, 2.24) is 10.2 Å². The van der Waals surface area contributed by atoms with Crippen LogP contribution >= 0.6 is 0 Å². The first-order valence-electron chi connectivity index (χ1n) is 12.8. The van der Waals surface area contributed by atoms with Crippen LogP contribution in [0.25, 0.3) is 0 Å². The largest absolute Gasteiger partial charge is 0.504 e. The Morgan fingerprint density at radius 1 is 1.09 bits per heavy atom. The van der Waals surface area contributed by atoms with Crippen LogP contribution in [0.1, 0.15) is 56.6 Å². The number of phenols is 2. The van der Waals surface area contributed by atoms with Crippen molar-refractivity contribution in [2.75, 3.05) is 32.8 Å². The van der Waals surface area contributed by atoms with Crippen LogP contribution in [0.2, 0.25) is 0 Å². The lowest BCUT2D eigenvalue weighted by Gasteiger charge is -2.35. The molecule has 0 heterocycles. The third kappa shape index (κ3) is 7.83. The van der Waals surface area contributed by atoms with E-state index in [0.717, 1.165) is 62.9 Å². The molecule has 0 radical (unpaired) electrons. The first-order valence-corrected chi connectivity index (χ1v) is 12.8. The Morgan fingerprint density at radius 2 is 1.89 bits per heavy atom. The standard InChI is InChI=1S/C27H39N3O5/c1-2-17-29(22-12-13-23-21(20-22)11-14-25(31)27(23)32)18-8-4-3-7-15-28-16-19-35-26-10-6-5-9-24(26)30(33)34/h5-6,9-11,14,22,28,31-32H,2-4,7-8,12-13,15-20H2,1H3/t22-/m0/s1. The molecular weight excluding hydrogens is 446 g/mol. The molecule has 3 rings (SSSR count). The van der Waals surface area contributed by atoms with Gasteiger partial charge in [0.05, 0.1) is 4.92 Å². The van der Waals surface area contributed by atoms with Gasteiger partial charge in [-0.05, 0) is 75.9 Å². The van der Waals surface area contributed by atoms with Gasteiger partial charge in [0.1, 0.15) is 6.61 Å². The second-order valence-electron chi connectivity index (χ2n) is 9.24. The third-order valence-corrected chi connectivity index (χ3v) is 6.72. The number of nitrogens with zero attached hydrogens (tertiary/aromatic N) is 2. The van der Waals surface area contributed by atoms with Crippen molar-refractivity contribution in [3.05, 3.63) is 57.6 Å². The summed E-state index contributed by atoms with van der Waals surface area (Å²) in [6.07, 6.45) is 8.51. The van der Waals surface area contributed by atoms with Gasteiger partial charge < -0.3 is 25.2 Å². The molecule has 0 saturated heterocycles. The van der Waals surface area contributed by atoms with Gasteiger partial charge in [0.2, 0.25) is 0 Å². The molecule has 0 aliphatic heterocycles. The van der Waals surface area contributed by atoms with E-state index in [1.54, 1.807) is 24.3 Å². The fourth-order valence-electron chi connectivity index (χ4n) is 4.89. The molecule has 8 nitrogen and oxygen atoms in total. The smallest absolute Gasteiger partial charge is 0.310 e. The molecule has 35 heavy (non-hydrogen) atoms. The molecule has 8 heteroatoms. The van der Waals surface area contributed by atoms with E-state index < -0.39 is 4.92 Å². The minimum absolute atomic E-state index is 0.000466. The van der Waals surface area contributed by atoms with Crippen molar-refractivity contribution >= 4 is 5.69 Å². The van der Waals surface area contributed by atoms with Crippen LogP contribution in [-0.4, -0.2) is 58.9 Å². The van der Waals surface area contributed by atoms with E-state index >= 15 is 0 Å². The zero-order chi connectivity index (χ0) is 25.0. The molecule has 1 aliphatic rings. The summed E-state index contributed by atoms with van der Waals surface area (Å²) in [7, 11) is 0. The van der Waals surface area contributed by atoms with Gasteiger partial charge in [-0.2, -0.15) is 0 Å². The topological polar surface area (TPSA) is 108 Å². The fourth-order valence-corrected chi connectivity index (χ4v) is 4.89. The molecule has 0 bridgehead atoms. The molecule has 2 aromatic rings. The second-order valence-corrected chi connectivity index (χ2v) is 9.24. The van der Waals surface area contributed by atoms with Gasteiger partial charge in [0, 0.05) is 24.2 Å². The molecule has 3 N–H and O–H groups in total. The molecule has 2 aromatic carbocycles. The van der Waals surface area contributed by atoms with Crippen LogP contribution in [-0.2, 0) is 12.8 Å². The van der Waals surface area contributed by atoms with Crippen LogP contribution in [0, 0.1) is 10.1 Å². The first kappa shape index (κ1) is 26.8. The maximum atomic E-state index is 11.0. The van der Waals surface area contributed by atoms with Gasteiger partial charge in [-0.25, -0.2) is 0 Å². The molecule has 0 spiro atoms. The molecular formula is C27H39N3O5. The fraction of sp³-hybridized carbons (Fsp3) is 0.556. The summed E-state index contributed by atoms with van der Waals surface area (Å²) in [6.45, 7) is 6.37. The predicted molar refractivity (Wildman–Crippen MR) is 137 cm³/mol. The van der Waals surface area contributed by atoms with Gasteiger partial charge in [0.25, 0.3) is 0 Å². The number of nitro groups is 1. The van der Waals surface area contributed by atoms with E-state index in [1.165, 1.54) is 25.3 Å². The maximum Gasteiger partial charge on any atom is 0.310 e. The first-order chi connectivity index (χ1) is 17.0. The van der Waals surface area contributed by atoms with Crippen molar-refractivity contribution in [3.8, 4) is 17.2 Å². The number of unbranched alkanes of at least 4 members (excludes halogenated alkanes) is 3. The zero-order valence-electron chi connectivity index (χ0n) is 20.7. The summed E-state index contributed by atoms with van der Waals surface area (Å²) in [4.78, 5) is 13.2. The normalized spacial score (nSPS) is 15.2. The average molecular weight is 486 g/mol. The monoisotopic (exact) mass is 485 g/mol. The quantitative estimate of drug-likeness (QED) is 0.144. The Bertz CT molecular complexity index is 952. The summed E-state index contributed by atoms with van der Waals surface area (Å²) < 4.78 is 5.55. The van der Waals surface area contributed by atoms with E-state index in [4.69, 9.17) is 4.74 Å². The summed E-state index contributed by atoms with van der Waals surface area (Å²) in [5, 5.41) is 34.3. The SMILES string of the molecule is CCCN(CCCCCCNCCOc1ccccc1[N+](=O)[O-])[C@H]1CCc2c(ccc(O)c2O)C1. The number of para-hydroxylation sites is 2. The number of rotatable bonds is 15. The van der Waals surface area contributed by atoms with Gasteiger partial charge >= 0.3 is 5.69 Å². The number of hydrogen-bond acceptors (Lipinski definition) is 7. The lowest BCUT2D eigenvalue weighted by molar-refractivity contribution is -0.385. The summed E-state index contributed by atoms with van der Waals surface area (Å²) in [5.41, 5.74) is 2.08. The van der Waals surface area contributed by atoms with Gasteiger partial charge in [-0.1, -0.05) is 38.0 Å². The molecule has 1 aliphatic carbocycles. The lowest BCUT2D eigenvalue weighted by Crippen LogP contribution is -2.40. The van der Waals surface area contributed by atoms with E-state index in [2.05, 4.69) is 17.1 Å². The van der Waals surface area contributed by atoms with E-state index in [1.807, 2.05) is 6.07 Å². The van der Waals surface area contributed by atoms with E-state index in [0.29, 0.717) is 24.9 Å². The minimum atomic E-state index is -0.423. The number of nitro benzene ring substituents is 1. The van der Waals surface area contributed by atoms with Gasteiger partial charge in [-0.3, -0.25) is 10.1 Å². The molecule has 0 unspecified atom stereocenters. The lowest BCUT2D eigenvalue weighted by atomic mass is 9.86. The highest BCUT2D eigenvalue weighted by Crippen LogP contribution is 2.36. The van der Waals surface area contributed by atoms with Crippen LogP contribution in [0.4, 0.5) is 5.69 Å². The summed E-state index contributed by atoms with van der Waals surface area (Å²) in [6, 6.07) is 10.5. The number of phenolic OH excluding ortho intramolecular Hbond substituents is 2. The molecule has 1 atom stereocenters. The zero-order valence-corrected chi connectivity index (χ0v) is 20.7. The summed E-state index contributed by atoms with van der Waals surface area (Å²) in [5.74, 6) is 0.353. The van der Waals surface area contributed by atoms with Crippen molar-refractivity contribution < 1.29 is 19.9 Å². The molecule has 192 valence electrons. The Balaban J connectivity index is 1.28. The third-order valence-electron chi connectivity index (χ3n) is 6.72. The van der Waals surface area contributed by atoms with Crippen molar-refractivity contribution in [2.45, 2.75) is 64.3 Å². The number of hydrogen-bond donors (Lipinski definition) is 3. The number of nitrogens with one attached hydrogen (secondary N) is 1. The second kappa shape index (κ2) is 13.9. The Kier molecular flexibility index (Phi) is 10.6. The predicted octanol–water partition coefficient (Wildman–Crippen LogP) is 4.80. The Morgan fingerprint density at radius 3 is 2.69 bits per heavy atom. The van der Waals surface area contributed by atoms with E-state index in [9.17, 15) is 20.3 Å². The van der Waals surface area contributed by atoms with Gasteiger partial charge in [0.15, 0.2) is 17.2 Å².